The van der Waals surface area contributed by atoms with E-state index < -0.39 is 0 Å². The topological polar surface area (TPSA) is 67.3 Å². The first-order valence-corrected chi connectivity index (χ1v) is 11.1. The lowest BCUT2D eigenvalue weighted by atomic mass is 10.1. The van der Waals surface area contributed by atoms with E-state index in [9.17, 15) is 5.11 Å². The molecule has 158 valence electrons. The van der Waals surface area contributed by atoms with E-state index in [1.54, 1.807) is 18.2 Å². The van der Waals surface area contributed by atoms with Gasteiger partial charge in [0.15, 0.2) is 0 Å². The normalized spacial score (nSPS) is 16.0. The van der Waals surface area contributed by atoms with Crippen LogP contribution >= 0.6 is 23.2 Å². The van der Waals surface area contributed by atoms with Crippen LogP contribution in [0.15, 0.2) is 48.5 Å². The summed E-state index contributed by atoms with van der Waals surface area (Å²) in [5.41, 5.74) is 10.2. The monoisotopic (exact) mass is 444 g/mol. The van der Waals surface area contributed by atoms with Gasteiger partial charge < -0.3 is 15.7 Å². The molecule has 2 aromatic carbocycles. The van der Waals surface area contributed by atoms with Gasteiger partial charge in [-0.25, -0.2) is 4.68 Å². The summed E-state index contributed by atoms with van der Waals surface area (Å²) in [6.07, 6.45) is 4.40. The molecule has 1 aliphatic heterocycles. The molecule has 1 aliphatic rings. The minimum absolute atomic E-state index is 0.172. The molecule has 3 aromatic rings. The summed E-state index contributed by atoms with van der Waals surface area (Å²) in [4.78, 5) is 2.42. The van der Waals surface area contributed by atoms with Gasteiger partial charge in [0, 0.05) is 23.7 Å². The zero-order valence-corrected chi connectivity index (χ0v) is 18.3. The average Bonchev–Trinajstić information content (AvgIpc) is 3.14. The largest absolute Gasteiger partial charge is 0.508 e. The summed E-state index contributed by atoms with van der Waals surface area (Å²) >= 11 is 12.6. The lowest BCUT2D eigenvalue weighted by Crippen LogP contribution is -2.36. The third-order valence-electron chi connectivity index (χ3n) is 5.54. The summed E-state index contributed by atoms with van der Waals surface area (Å²) in [7, 11) is 0. The molecule has 0 spiro atoms. The van der Waals surface area contributed by atoms with E-state index >= 15 is 0 Å². The minimum atomic E-state index is -0.172. The van der Waals surface area contributed by atoms with Gasteiger partial charge in [-0.2, -0.15) is 5.10 Å². The lowest BCUT2D eigenvalue weighted by Gasteiger charge is -2.28. The van der Waals surface area contributed by atoms with Crippen LogP contribution in [0, 0.1) is 0 Å². The van der Waals surface area contributed by atoms with Crippen LogP contribution in [0.25, 0.3) is 5.69 Å². The number of nitrogens with zero attached hydrogens (tertiary/aromatic N) is 3. The predicted octanol–water partition coefficient (Wildman–Crippen LogP) is 4.96. The van der Waals surface area contributed by atoms with Crippen LogP contribution in [-0.2, 0) is 6.42 Å². The number of nitrogens with two attached hydrogens (primary N) is 1. The number of aromatic nitrogens is 2. The highest BCUT2D eigenvalue weighted by Gasteiger charge is 2.20. The van der Waals surface area contributed by atoms with Gasteiger partial charge in [0.05, 0.1) is 22.4 Å². The lowest BCUT2D eigenvalue weighted by molar-refractivity contribution is 0.215. The van der Waals surface area contributed by atoms with Crippen molar-refractivity contribution in [1.29, 1.82) is 0 Å². The summed E-state index contributed by atoms with van der Waals surface area (Å²) in [6.45, 7) is 2.99. The van der Waals surface area contributed by atoms with Crippen LogP contribution in [-0.4, -0.2) is 39.4 Å². The van der Waals surface area contributed by atoms with Gasteiger partial charge in [0.25, 0.3) is 0 Å². The fourth-order valence-corrected chi connectivity index (χ4v) is 4.43. The second kappa shape index (κ2) is 9.40. The van der Waals surface area contributed by atoms with Crippen molar-refractivity contribution in [3.63, 3.8) is 0 Å². The Labute approximate surface area is 187 Å². The molecule has 1 unspecified atom stereocenters. The SMILES string of the molecule is NC(CN1CCCCC1)c1cc(Cc2ccc(O)cc2)n(-c2ccc(Cl)cc2Cl)n1. The van der Waals surface area contributed by atoms with Crippen LogP contribution in [0.3, 0.4) is 0 Å². The van der Waals surface area contributed by atoms with E-state index in [1.807, 2.05) is 28.9 Å². The Morgan fingerprint density at radius 2 is 1.73 bits per heavy atom. The molecule has 30 heavy (non-hydrogen) atoms. The molecule has 1 atom stereocenters. The molecular weight excluding hydrogens is 419 g/mol. The third-order valence-corrected chi connectivity index (χ3v) is 6.08. The van der Waals surface area contributed by atoms with Crippen molar-refractivity contribution >= 4 is 23.2 Å². The van der Waals surface area contributed by atoms with Gasteiger partial charge >= 0.3 is 0 Å². The van der Waals surface area contributed by atoms with E-state index in [0.717, 1.165) is 42.3 Å². The first-order chi connectivity index (χ1) is 14.5. The van der Waals surface area contributed by atoms with Crippen molar-refractivity contribution in [2.75, 3.05) is 19.6 Å². The highest BCUT2D eigenvalue weighted by atomic mass is 35.5. The number of hydrogen-bond donors (Lipinski definition) is 2. The zero-order valence-electron chi connectivity index (χ0n) is 16.8. The molecule has 0 amide bonds. The molecule has 7 heteroatoms. The Balaban J connectivity index is 1.66. The quantitative estimate of drug-likeness (QED) is 0.563. The van der Waals surface area contributed by atoms with Crippen molar-refractivity contribution in [3.05, 3.63) is 75.5 Å². The molecule has 1 aromatic heterocycles. The Morgan fingerprint density at radius 1 is 1.00 bits per heavy atom. The fraction of sp³-hybridized carbons (Fsp3) is 0.348. The van der Waals surface area contributed by atoms with Gasteiger partial charge in [-0.1, -0.05) is 41.8 Å². The second-order valence-corrected chi connectivity index (χ2v) is 8.72. The second-order valence-electron chi connectivity index (χ2n) is 7.88. The van der Waals surface area contributed by atoms with Gasteiger partial charge in [0.1, 0.15) is 5.75 Å². The molecule has 4 rings (SSSR count). The third kappa shape index (κ3) is 4.98. The van der Waals surface area contributed by atoms with Crippen LogP contribution in [0.1, 0.15) is 42.3 Å². The maximum Gasteiger partial charge on any atom is 0.115 e. The number of likely N-dealkylation sites (tertiary alicyclic amines) is 1. The molecule has 5 nitrogen and oxygen atoms in total. The molecule has 0 aliphatic carbocycles. The van der Waals surface area contributed by atoms with E-state index in [0.29, 0.717) is 16.5 Å². The number of rotatable bonds is 6. The van der Waals surface area contributed by atoms with Gasteiger partial charge in [0.2, 0.25) is 0 Å². The smallest absolute Gasteiger partial charge is 0.115 e. The molecule has 2 heterocycles. The van der Waals surface area contributed by atoms with Crippen molar-refractivity contribution < 1.29 is 5.11 Å². The Bertz CT molecular complexity index is 997. The molecule has 3 N–H and O–H groups in total. The van der Waals surface area contributed by atoms with Crippen LogP contribution in [0.2, 0.25) is 10.0 Å². The Hall–Kier alpha value is -2.05. The summed E-state index contributed by atoms with van der Waals surface area (Å²) in [5.74, 6) is 0.247. The number of phenols is 1. The standard InChI is InChI=1S/C23H26Cl2N4O/c24-17-6-9-23(20(25)13-17)29-18(12-16-4-7-19(30)8-5-16)14-22(27-29)21(26)15-28-10-2-1-3-11-28/h4-9,13-14,21,30H,1-3,10-12,15,26H2. The summed E-state index contributed by atoms with van der Waals surface area (Å²) in [6, 6.07) is 14.5. The molecule has 0 saturated carbocycles. The van der Waals surface area contributed by atoms with Gasteiger partial charge in [-0.05, 0) is 67.9 Å². The predicted molar refractivity (Wildman–Crippen MR) is 122 cm³/mol. The number of piperidine rings is 1. The summed E-state index contributed by atoms with van der Waals surface area (Å²) < 4.78 is 1.86. The number of phenolic OH excluding ortho intramolecular Hbond substituents is 1. The summed E-state index contributed by atoms with van der Waals surface area (Å²) in [5, 5.41) is 15.5. The van der Waals surface area contributed by atoms with E-state index in [2.05, 4.69) is 11.0 Å². The van der Waals surface area contributed by atoms with Gasteiger partial charge in [-0.15, -0.1) is 0 Å². The van der Waals surface area contributed by atoms with Crippen LogP contribution < -0.4 is 5.73 Å². The zero-order chi connectivity index (χ0) is 21.1. The van der Waals surface area contributed by atoms with Crippen molar-refractivity contribution in [2.24, 2.45) is 5.73 Å². The van der Waals surface area contributed by atoms with Crippen molar-refractivity contribution in [3.8, 4) is 11.4 Å². The fourth-order valence-electron chi connectivity index (χ4n) is 3.95. The average molecular weight is 445 g/mol. The van der Waals surface area contributed by atoms with E-state index in [4.69, 9.17) is 34.0 Å². The van der Waals surface area contributed by atoms with Crippen molar-refractivity contribution in [2.45, 2.75) is 31.7 Å². The number of hydrogen-bond acceptors (Lipinski definition) is 4. The highest BCUT2D eigenvalue weighted by molar-refractivity contribution is 6.35. The molecule has 0 bridgehead atoms. The maximum absolute atomic E-state index is 9.58. The minimum Gasteiger partial charge on any atom is -0.508 e. The number of halogens is 2. The Kier molecular flexibility index (Phi) is 6.64. The van der Waals surface area contributed by atoms with E-state index in [-0.39, 0.29) is 11.8 Å². The number of benzene rings is 2. The first kappa shape index (κ1) is 21.2. The molecule has 1 fully saturated rings. The Morgan fingerprint density at radius 3 is 2.43 bits per heavy atom. The molecule has 1 saturated heterocycles. The first-order valence-electron chi connectivity index (χ1n) is 10.3. The number of aromatic hydroxyl groups is 1. The van der Waals surface area contributed by atoms with Crippen LogP contribution in [0.4, 0.5) is 0 Å². The molecule has 0 radical (unpaired) electrons. The molecular formula is C23H26Cl2N4O. The van der Waals surface area contributed by atoms with E-state index in [1.165, 1.54) is 19.3 Å². The van der Waals surface area contributed by atoms with Crippen molar-refractivity contribution in [1.82, 2.24) is 14.7 Å². The highest BCUT2D eigenvalue weighted by Crippen LogP contribution is 2.28. The van der Waals surface area contributed by atoms with Crippen LogP contribution in [0.5, 0.6) is 5.75 Å². The maximum atomic E-state index is 9.58. The van der Waals surface area contributed by atoms with Gasteiger partial charge in [-0.3, -0.25) is 0 Å².